The van der Waals surface area contributed by atoms with E-state index in [1.807, 2.05) is 13.8 Å². The zero-order valence-electron chi connectivity index (χ0n) is 19.5. The maximum atomic E-state index is 12.7. The highest BCUT2D eigenvalue weighted by molar-refractivity contribution is 7.07. The molecule has 0 saturated heterocycles. The molecule has 1 aromatic carbocycles. The van der Waals surface area contributed by atoms with Crippen LogP contribution in [0.2, 0.25) is 5.02 Å². The number of Topliss-reactive ketones (excluding diaryl/α,β-unsaturated/α-hetero) is 1. The maximum absolute atomic E-state index is 12.7. The summed E-state index contributed by atoms with van der Waals surface area (Å²) >= 11 is 7.65. The molecule has 184 valence electrons. The minimum atomic E-state index is -0.693. The van der Waals surface area contributed by atoms with Gasteiger partial charge in [-0.15, -0.1) is 11.3 Å². The number of carbonyl (C=O) groups excluding carboxylic acids is 3. The van der Waals surface area contributed by atoms with E-state index in [1.165, 1.54) is 24.2 Å². The molecule has 1 saturated carbocycles. The Labute approximate surface area is 208 Å². The molecule has 2 aromatic rings. The first-order valence-corrected chi connectivity index (χ1v) is 12.7. The van der Waals surface area contributed by atoms with Crippen molar-refractivity contribution >= 4 is 46.3 Å². The minimum absolute atomic E-state index is 0.0272. The summed E-state index contributed by atoms with van der Waals surface area (Å²) in [5.41, 5.74) is 6.70. The van der Waals surface area contributed by atoms with Gasteiger partial charge in [-0.3, -0.25) is 23.9 Å². The summed E-state index contributed by atoms with van der Waals surface area (Å²) in [6.07, 6.45) is 6.77. The van der Waals surface area contributed by atoms with Gasteiger partial charge in [-0.05, 0) is 42.9 Å². The molecule has 0 spiro atoms. The third-order valence-corrected chi connectivity index (χ3v) is 7.01. The number of aromatic nitrogens is 1. The molecule has 1 unspecified atom stereocenters. The van der Waals surface area contributed by atoms with E-state index in [2.05, 4.69) is 10.3 Å². The second-order valence-electron chi connectivity index (χ2n) is 8.85. The largest absolute Gasteiger partial charge is 0.443 e. The number of nitrogens with two attached hydrogens (primary N) is 1. The van der Waals surface area contributed by atoms with Crippen LogP contribution in [0.5, 0.6) is 0 Å². The van der Waals surface area contributed by atoms with Gasteiger partial charge in [0, 0.05) is 23.6 Å². The summed E-state index contributed by atoms with van der Waals surface area (Å²) in [5, 5.41) is 4.95. The van der Waals surface area contributed by atoms with Gasteiger partial charge < -0.3 is 15.8 Å². The van der Waals surface area contributed by atoms with E-state index >= 15 is 0 Å². The molecule has 1 atom stereocenters. The second kappa shape index (κ2) is 12.3. The van der Waals surface area contributed by atoms with E-state index < -0.39 is 12.0 Å². The number of hydrogen-bond donors (Lipinski definition) is 2. The molecule has 0 bridgehead atoms. The van der Waals surface area contributed by atoms with Crippen molar-refractivity contribution in [3.8, 4) is 0 Å². The fourth-order valence-electron chi connectivity index (χ4n) is 3.72. The number of thiazole rings is 1. The molecule has 1 aliphatic rings. The summed E-state index contributed by atoms with van der Waals surface area (Å²) in [6.45, 7) is 3.57. The van der Waals surface area contributed by atoms with E-state index in [0.29, 0.717) is 33.4 Å². The fraction of sp³-hybridized carbons (Fsp3) is 0.500. The summed E-state index contributed by atoms with van der Waals surface area (Å²) in [6, 6.07) is 4.13. The van der Waals surface area contributed by atoms with Crippen LogP contribution in [0.4, 0.5) is 5.69 Å². The lowest BCUT2D eigenvalue weighted by Gasteiger charge is -2.14. The molecule has 8 nitrogen and oxygen atoms in total. The molecule has 0 radical (unpaired) electrons. The number of esters is 1. The number of ketones is 1. The maximum Gasteiger partial charge on any atom is 0.324 e. The first-order valence-electron chi connectivity index (χ1n) is 11.4. The van der Waals surface area contributed by atoms with Gasteiger partial charge in [-0.1, -0.05) is 38.3 Å². The predicted octanol–water partition coefficient (Wildman–Crippen LogP) is 3.99. The number of hydrogen-bond acceptors (Lipinski definition) is 7. The minimum Gasteiger partial charge on any atom is -0.443 e. The highest BCUT2D eigenvalue weighted by atomic mass is 35.5. The highest BCUT2D eigenvalue weighted by Crippen LogP contribution is 2.29. The van der Waals surface area contributed by atoms with Crippen LogP contribution < -0.4 is 15.9 Å². The zero-order valence-corrected chi connectivity index (χ0v) is 21.0. The van der Waals surface area contributed by atoms with E-state index in [4.69, 9.17) is 22.1 Å². The third kappa shape index (κ3) is 7.25. The van der Waals surface area contributed by atoms with E-state index in [1.54, 1.807) is 34.3 Å². The number of nitrogens with zero attached hydrogens (tertiary/aromatic N) is 2. The van der Waals surface area contributed by atoms with Crippen molar-refractivity contribution in [1.29, 1.82) is 0 Å². The average Bonchev–Trinajstić information content (AvgIpc) is 3.48. The normalized spacial score (nSPS) is 15.5. The molecule has 3 rings (SSSR count). The van der Waals surface area contributed by atoms with Crippen molar-refractivity contribution in [3.63, 3.8) is 0 Å². The lowest BCUT2D eigenvalue weighted by Crippen LogP contribution is -2.37. The third-order valence-electron chi connectivity index (χ3n) is 5.87. The summed E-state index contributed by atoms with van der Waals surface area (Å²) in [4.78, 5) is 41.8. The Morgan fingerprint density at radius 1 is 1.29 bits per heavy atom. The number of halogens is 1. The number of carbonyl (C=O) groups is 3. The van der Waals surface area contributed by atoms with E-state index in [0.717, 1.165) is 12.8 Å². The van der Waals surface area contributed by atoms with Crippen LogP contribution in [0.15, 0.2) is 34.8 Å². The number of amides is 1. The van der Waals surface area contributed by atoms with Gasteiger partial charge in [0.05, 0.1) is 10.7 Å². The molecule has 3 N–H and O–H groups in total. The summed E-state index contributed by atoms with van der Waals surface area (Å²) in [5.74, 6) is -0.345. The lowest BCUT2D eigenvalue weighted by atomic mass is 10.0. The molecule has 1 heterocycles. The molecular formula is C24H31ClN4O4S. The monoisotopic (exact) mass is 506 g/mol. The van der Waals surface area contributed by atoms with Crippen LogP contribution in [0, 0.1) is 11.8 Å². The standard InChI is InChI=1S/C24H31ClN4O4S/c1-15(2)22(26)23(32)33-14-29-9-10-34-24(29)27-13-20(30)17-7-8-19(18(25)12-17)28-21(31)11-16-5-3-4-6-16/h7-10,12,15-16,22H,3-6,11,13-14,26H2,1-2H3,(H,28,31). The van der Waals surface area contributed by atoms with Gasteiger partial charge in [0.25, 0.3) is 0 Å². The molecule has 0 aliphatic heterocycles. The Morgan fingerprint density at radius 2 is 2.03 bits per heavy atom. The Kier molecular flexibility index (Phi) is 9.44. The topological polar surface area (TPSA) is 116 Å². The molecule has 34 heavy (non-hydrogen) atoms. The van der Waals surface area contributed by atoms with Gasteiger partial charge in [0.1, 0.15) is 12.6 Å². The van der Waals surface area contributed by atoms with Crippen LogP contribution in [0.25, 0.3) is 0 Å². The lowest BCUT2D eigenvalue weighted by molar-refractivity contribution is -0.150. The van der Waals surface area contributed by atoms with Gasteiger partial charge in [-0.2, -0.15) is 0 Å². The molecule has 1 aromatic heterocycles. The van der Waals surface area contributed by atoms with Crippen LogP contribution in [0.3, 0.4) is 0 Å². The average molecular weight is 507 g/mol. The van der Waals surface area contributed by atoms with Gasteiger partial charge >= 0.3 is 5.97 Å². The quantitative estimate of drug-likeness (QED) is 0.373. The summed E-state index contributed by atoms with van der Waals surface area (Å²) in [7, 11) is 0. The van der Waals surface area contributed by atoms with Crippen LogP contribution in [-0.4, -0.2) is 34.8 Å². The van der Waals surface area contributed by atoms with Gasteiger partial charge in [-0.25, -0.2) is 0 Å². The number of nitrogens with one attached hydrogen (secondary N) is 1. The fourth-order valence-corrected chi connectivity index (χ4v) is 4.67. The first-order chi connectivity index (χ1) is 16.2. The zero-order chi connectivity index (χ0) is 24.7. The number of rotatable bonds is 10. The molecule has 10 heteroatoms. The van der Waals surface area contributed by atoms with Crippen molar-refractivity contribution in [1.82, 2.24) is 4.57 Å². The first kappa shape index (κ1) is 26.1. The van der Waals surface area contributed by atoms with E-state index in [-0.39, 0.29) is 30.9 Å². The number of benzene rings is 1. The van der Waals surface area contributed by atoms with Crippen molar-refractivity contribution in [3.05, 3.63) is 45.2 Å². The summed E-state index contributed by atoms with van der Waals surface area (Å²) < 4.78 is 6.89. The molecule has 1 aliphatic carbocycles. The Bertz CT molecular complexity index is 1090. The van der Waals surface area contributed by atoms with Crippen molar-refractivity contribution in [2.24, 2.45) is 22.6 Å². The van der Waals surface area contributed by atoms with Gasteiger partial charge in [0.2, 0.25) is 5.91 Å². The number of anilines is 1. The Morgan fingerprint density at radius 3 is 2.71 bits per heavy atom. The number of ether oxygens (including phenoxy) is 1. The molecule has 1 fully saturated rings. The predicted molar refractivity (Wildman–Crippen MR) is 133 cm³/mol. The van der Waals surface area contributed by atoms with E-state index in [9.17, 15) is 14.4 Å². The molecular weight excluding hydrogens is 476 g/mol. The van der Waals surface area contributed by atoms with Crippen LogP contribution in [0.1, 0.15) is 56.3 Å². The van der Waals surface area contributed by atoms with Gasteiger partial charge in [0.15, 0.2) is 17.3 Å². The second-order valence-corrected chi connectivity index (χ2v) is 10.1. The Hall–Kier alpha value is -2.49. The van der Waals surface area contributed by atoms with Crippen LogP contribution >= 0.6 is 22.9 Å². The molecule has 1 amide bonds. The van der Waals surface area contributed by atoms with Crippen molar-refractivity contribution in [2.45, 2.75) is 58.7 Å². The highest BCUT2D eigenvalue weighted by Gasteiger charge is 2.20. The van der Waals surface area contributed by atoms with Crippen molar-refractivity contribution < 1.29 is 19.1 Å². The SMILES string of the molecule is CC(C)C(N)C(=O)OCn1ccsc1=NCC(=O)c1ccc(NC(=O)CC2CCCC2)c(Cl)c1. The Balaban J connectivity index is 1.57. The van der Waals surface area contributed by atoms with Crippen molar-refractivity contribution in [2.75, 3.05) is 11.9 Å². The van der Waals surface area contributed by atoms with Crippen LogP contribution in [-0.2, 0) is 21.1 Å². The smallest absolute Gasteiger partial charge is 0.324 e.